The molecule has 2 amide bonds. The number of unbranched alkanes of at least 4 members (excludes halogenated alkanes) is 1. The third-order valence-corrected chi connectivity index (χ3v) is 5.85. The molecule has 0 saturated heterocycles. The molecule has 168 valence electrons. The number of nitrogens with zero attached hydrogens (tertiary/aromatic N) is 1. The van der Waals surface area contributed by atoms with Gasteiger partial charge in [0.15, 0.2) is 6.61 Å². The van der Waals surface area contributed by atoms with Crippen LogP contribution in [0.15, 0.2) is 46.9 Å². The number of hydrogen-bond acceptors (Lipinski definition) is 3. The van der Waals surface area contributed by atoms with E-state index >= 15 is 0 Å². The molecular formula is C25H33BrN2O3. The topological polar surface area (TPSA) is 58.6 Å². The van der Waals surface area contributed by atoms with Gasteiger partial charge in [-0.1, -0.05) is 56.2 Å². The van der Waals surface area contributed by atoms with E-state index in [1.165, 1.54) is 5.56 Å². The summed E-state index contributed by atoms with van der Waals surface area (Å²) in [4.78, 5) is 27.3. The normalized spacial score (nSPS) is 11.6. The summed E-state index contributed by atoms with van der Waals surface area (Å²) in [6.07, 6.45) is 2.84. The minimum Gasteiger partial charge on any atom is -0.483 e. The molecule has 1 atom stereocenters. The summed E-state index contributed by atoms with van der Waals surface area (Å²) in [5.74, 6) is 0.230. The summed E-state index contributed by atoms with van der Waals surface area (Å²) in [5, 5.41) is 2.93. The Morgan fingerprint density at radius 2 is 1.77 bits per heavy atom. The lowest BCUT2D eigenvalue weighted by Crippen LogP contribution is -2.49. The van der Waals surface area contributed by atoms with E-state index in [-0.39, 0.29) is 18.4 Å². The van der Waals surface area contributed by atoms with Crippen LogP contribution in [0.2, 0.25) is 0 Å². The highest BCUT2D eigenvalue weighted by molar-refractivity contribution is 9.10. The van der Waals surface area contributed by atoms with Crippen LogP contribution < -0.4 is 10.1 Å². The number of ether oxygens (including phenoxy) is 1. The predicted molar refractivity (Wildman–Crippen MR) is 128 cm³/mol. The second-order valence-electron chi connectivity index (χ2n) is 7.73. The third-order valence-electron chi connectivity index (χ3n) is 5.23. The summed E-state index contributed by atoms with van der Waals surface area (Å²) in [5.41, 5.74) is 3.31. The summed E-state index contributed by atoms with van der Waals surface area (Å²) in [6.45, 7) is 8.77. The zero-order chi connectivity index (χ0) is 22.8. The van der Waals surface area contributed by atoms with Crippen LogP contribution in [-0.2, 0) is 22.6 Å². The van der Waals surface area contributed by atoms with Crippen molar-refractivity contribution in [1.82, 2.24) is 10.2 Å². The maximum absolute atomic E-state index is 13.1. The lowest BCUT2D eigenvalue weighted by Gasteiger charge is -2.29. The molecule has 0 aromatic heterocycles. The van der Waals surface area contributed by atoms with Gasteiger partial charge in [0.2, 0.25) is 5.91 Å². The molecule has 0 spiro atoms. The van der Waals surface area contributed by atoms with Crippen molar-refractivity contribution >= 4 is 27.7 Å². The molecule has 2 aromatic rings. The van der Waals surface area contributed by atoms with Gasteiger partial charge < -0.3 is 15.0 Å². The predicted octanol–water partition coefficient (Wildman–Crippen LogP) is 5.03. The van der Waals surface area contributed by atoms with E-state index in [1.807, 2.05) is 49.4 Å². The van der Waals surface area contributed by atoms with Crippen LogP contribution in [0.5, 0.6) is 5.75 Å². The quantitative estimate of drug-likeness (QED) is 0.451. The molecular weight excluding hydrogens is 456 g/mol. The van der Waals surface area contributed by atoms with Crippen LogP contribution in [0.4, 0.5) is 0 Å². The monoisotopic (exact) mass is 488 g/mol. The standard InChI is InChI=1S/C25H33BrN2O3/c1-5-7-14-27-25(30)19(4)28(16-21-10-8-18(3)9-11-21)24(29)17-31-23-13-12-20(6-2)15-22(23)26/h8-13,15,19H,5-7,14,16-17H2,1-4H3,(H,27,30)/t19-/m1/s1. The first kappa shape index (κ1) is 24.9. The van der Waals surface area contributed by atoms with Crippen LogP contribution in [-0.4, -0.2) is 35.9 Å². The lowest BCUT2D eigenvalue weighted by molar-refractivity contribution is -0.142. The van der Waals surface area contributed by atoms with Gasteiger partial charge in [-0.2, -0.15) is 0 Å². The average molecular weight is 489 g/mol. The Labute approximate surface area is 194 Å². The number of carbonyl (C=O) groups is 2. The molecule has 6 heteroatoms. The van der Waals surface area contributed by atoms with E-state index in [0.29, 0.717) is 18.8 Å². The molecule has 2 rings (SSSR count). The van der Waals surface area contributed by atoms with Gasteiger partial charge in [0.25, 0.3) is 5.91 Å². The molecule has 5 nitrogen and oxygen atoms in total. The van der Waals surface area contributed by atoms with Gasteiger partial charge in [-0.25, -0.2) is 0 Å². The fraction of sp³-hybridized carbons (Fsp3) is 0.440. The van der Waals surface area contributed by atoms with Crippen molar-refractivity contribution in [2.24, 2.45) is 0 Å². The van der Waals surface area contributed by atoms with E-state index in [1.54, 1.807) is 11.8 Å². The number of nitrogens with one attached hydrogen (secondary N) is 1. The fourth-order valence-corrected chi connectivity index (χ4v) is 3.65. The fourth-order valence-electron chi connectivity index (χ4n) is 3.11. The van der Waals surface area contributed by atoms with Crippen LogP contribution in [0.25, 0.3) is 0 Å². The Hall–Kier alpha value is -2.34. The molecule has 0 unspecified atom stereocenters. The molecule has 1 N–H and O–H groups in total. The Kier molecular flexibility index (Phi) is 10.0. The summed E-state index contributed by atoms with van der Waals surface area (Å²) < 4.78 is 6.61. The molecule has 0 heterocycles. The second kappa shape index (κ2) is 12.5. The minimum absolute atomic E-state index is 0.136. The highest BCUT2D eigenvalue weighted by atomic mass is 79.9. The van der Waals surface area contributed by atoms with E-state index in [9.17, 15) is 9.59 Å². The SMILES string of the molecule is CCCCNC(=O)[C@@H](C)N(Cc1ccc(C)cc1)C(=O)COc1ccc(CC)cc1Br. The van der Waals surface area contributed by atoms with Crippen LogP contribution in [0.1, 0.15) is 50.3 Å². The minimum atomic E-state index is -0.597. The lowest BCUT2D eigenvalue weighted by atomic mass is 10.1. The Bertz CT molecular complexity index is 868. The van der Waals surface area contributed by atoms with Crippen molar-refractivity contribution in [3.63, 3.8) is 0 Å². The molecule has 0 radical (unpaired) electrons. The number of carbonyl (C=O) groups excluding carboxylic acids is 2. The second-order valence-corrected chi connectivity index (χ2v) is 8.59. The zero-order valence-corrected chi connectivity index (χ0v) is 20.5. The van der Waals surface area contributed by atoms with Gasteiger partial charge in [-0.15, -0.1) is 0 Å². The van der Waals surface area contributed by atoms with Gasteiger partial charge in [0, 0.05) is 13.1 Å². The van der Waals surface area contributed by atoms with Crippen molar-refractivity contribution in [1.29, 1.82) is 0 Å². The smallest absolute Gasteiger partial charge is 0.261 e. The van der Waals surface area contributed by atoms with Crippen molar-refractivity contribution in [3.05, 3.63) is 63.6 Å². The highest BCUT2D eigenvalue weighted by Gasteiger charge is 2.26. The molecule has 0 saturated carbocycles. The van der Waals surface area contributed by atoms with Crippen molar-refractivity contribution < 1.29 is 14.3 Å². The van der Waals surface area contributed by atoms with Crippen molar-refractivity contribution in [3.8, 4) is 5.75 Å². The average Bonchev–Trinajstić information content (AvgIpc) is 2.77. The van der Waals surface area contributed by atoms with Gasteiger partial charge >= 0.3 is 0 Å². The first-order valence-electron chi connectivity index (χ1n) is 10.9. The Morgan fingerprint density at radius 3 is 2.39 bits per heavy atom. The number of hydrogen-bond donors (Lipinski definition) is 1. The maximum Gasteiger partial charge on any atom is 0.261 e. The Morgan fingerprint density at radius 1 is 1.10 bits per heavy atom. The van der Waals surface area contributed by atoms with E-state index in [4.69, 9.17) is 4.74 Å². The zero-order valence-electron chi connectivity index (χ0n) is 18.9. The molecule has 2 aromatic carbocycles. The van der Waals surface area contributed by atoms with Gasteiger partial charge in [0.05, 0.1) is 4.47 Å². The van der Waals surface area contributed by atoms with Crippen LogP contribution >= 0.6 is 15.9 Å². The van der Waals surface area contributed by atoms with E-state index in [2.05, 4.69) is 35.1 Å². The first-order chi connectivity index (χ1) is 14.8. The van der Waals surface area contributed by atoms with Gasteiger partial charge in [-0.3, -0.25) is 9.59 Å². The van der Waals surface area contributed by atoms with Crippen LogP contribution in [0.3, 0.4) is 0 Å². The molecule has 0 bridgehead atoms. The largest absolute Gasteiger partial charge is 0.483 e. The molecule has 31 heavy (non-hydrogen) atoms. The molecule has 0 aliphatic carbocycles. The summed E-state index contributed by atoms with van der Waals surface area (Å²) in [7, 11) is 0. The number of aryl methyl sites for hydroxylation is 2. The maximum atomic E-state index is 13.1. The highest BCUT2D eigenvalue weighted by Crippen LogP contribution is 2.26. The van der Waals surface area contributed by atoms with Crippen LogP contribution in [0, 0.1) is 6.92 Å². The van der Waals surface area contributed by atoms with Crippen molar-refractivity contribution in [2.45, 2.75) is 59.5 Å². The summed E-state index contributed by atoms with van der Waals surface area (Å²) >= 11 is 3.51. The molecule has 0 aliphatic heterocycles. The first-order valence-corrected chi connectivity index (χ1v) is 11.7. The van der Waals surface area contributed by atoms with Gasteiger partial charge in [-0.05, 0) is 65.9 Å². The number of rotatable bonds is 11. The summed E-state index contributed by atoms with van der Waals surface area (Å²) in [6, 6.07) is 13.2. The van der Waals surface area contributed by atoms with E-state index in [0.717, 1.165) is 34.9 Å². The third kappa shape index (κ3) is 7.69. The number of halogens is 1. The Balaban J connectivity index is 2.12. The van der Waals surface area contributed by atoms with E-state index < -0.39 is 6.04 Å². The number of benzene rings is 2. The van der Waals surface area contributed by atoms with Crippen molar-refractivity contribution in [2.75, 3.05) is 13.2 Å². The molecule has 0 fully saturated rings. The number of amides is 2. The molecule has 0 aliphatic rings. The van der Waals surface area contributed by atoms with Gasteiger partial charge in [0.1, 0.15) is 11.8 Å².